The number of piperazine rings is 1. The molecule has 132 valence electrons. The predicted octanol–water partition coefficient (Wildman–Crippen LogP) is 3.39. The van der Waals surface area contributed by atoms with E-state index < -0.39 is 12.0 Å². The minimum atomic E-state index is -0.816. The van der Waals surface area contributed by atoms with Crippen molar-refractivity contribution in [2.75, 3.05) is 31.1 Å². The number of aryl methyl sites for hydroxylation is 1. The lowest BCUT2D eigenvalue weighted by Crippen LogP contribution is -2.49. The molecule has 1 atom stereocenters. The van der Waals surface area contributed by atoms with E-state index in [9.17, 15) is 14.3 Å². The van der Waals surface area contributed by atoms with Crippen LogP contribution in [0.15, 0.2) is 42.5 Å². The van der Waals surface area contributed by atoms with Crippen LogP contribution in [0.5, 0.6) is 0 Å². The number of nitrogens with zero attached hydrogens (tertiary/aromatic N) is 2. The van der Waals surface area contributed by atoms with Crippen LogP contribution in [0, 0.1) is 19.7 Å². The Kier molecular flexibility index (Phi) is 5.04. The van der Waals surface area contributed by atoms with E-state index in [-0.39, 0.29) is 5.82 Å². The maximum absolute atomic E-state index is 13.1. The van der Waals surface area contributed by atoms with Crippen molar-refractivity contribution in [3.05, 3.63) is 65.0 Å². The van der Waals surface area contributed by atoms with E-state index in [4.69, 9.17) is 0 Å². The molecule has 2 aromatic rings. The highest BCUT2D eigenvalue weighted by molar-refractivity contribution is 5.76. The number of carboxylic acid groups (broad SMARTS) is 1. The molecule has 0 amide bonds. The van der Waals surface area contributed by atoms with Crippen LogP contribution in [0.3, 0.4) is 0 Å². The molecule has 0 spiro atoms. The third-order valence-corrected chi connectivity index (χ3v) is 5.05. The third kappa shape index (κ3) is 3.66. The minimum absolute atomic E-state index is 0.247. The van der Waals surface area contributed by atoms with Gasteiger partial charge < -0.3 is 10.0 Å². The van der Waals surface area contributed by atoms with Crippen LogP contribution < -0.4 is 4.90 Å². The Morgan fingerprint density at radius 3 is 2.28 bits per heavy atom. The standard InChI is InChI=1S/C20H23FN2O2/c1-14-4-3-5-18(15(14)2)19(20(24)25)23-12-10-22(11-13-23)17-8-6-16(21)7-9-17/h3-9,19H,10-13H2,1-2H3,(H,24,25)/t19-/m1/s1. The van der Waals surface area contributed by atoms with Gasteiger partial charge in [0.15, 0.2) is 0 Å². The highest BCUT2D eigenvalue weighted by atomic mass is 19.1. The average molecular weight is 342 g/mol. The Morgan fingerprint density at radius 2 is 1.68 bits per heavy atom. The van der Waals surface area contributed by atoms with Crippen LogP contribution in [0.1, 0.15) is 22.7 Å². The number of benzene rings is 2. The molecule has 0 radical (unpaired) electrons. The second-order valence-corrected chi connectivity index (χ2v) is 6.53. The number of hydrogen-bond acceptors (Lipinski definition) is 3. The van der Waals surface area contributed by atoms with E-state index in [2.05, 4.69) is 4.90 Å². The normalized spacial score (nSPS) is 16.7. The van der Waals surface area contributed by atoms with Gasteiger partial charge in [-0.2, -0.15) is 0 Å². The lowest BCUT2D eigenvalue weighted by molar-refractivity contribution is -0.143. The summed E-state index contributed by atoms with van der Waals surface area (Å²) < 4.78 is 13.1. The Balaban J connectivity index is 1.76. The lowest BCUT2D eigenvalue weighted by atomic mass is 9.96. The quantitative estimate of drug-likeness (QED) is 0.925. The zero-order chi connectivity index (χ0) is 18.0. The van der Waals surface area contributed by atoms with Crippen LogP contribution in [0.25, 0.3) is 0 Å². The number of aliphatic carboxylic acids is 1. The molecule has 5 heteroatoms. The zero-order valence-corrected chi connectivity index (χ0v) is 14.6. The van der Waals surface area contributed by atoms with Crippen LogP contribution in [0.2, 0.25) is 0 Å². The highest BCUT2D eigenvalue weighted by Gasteiger charge is 2.31. The first kappa shape index (κ1) is 17.4. The van der Waals surface area contributed by atoms with E-state index in [1.54, 1.807) is 12.1 Å². The second-order valence-electron chi connectivity index (χ2n) is 6.53. The summed E-state index contributed by atoms with van der Waals surface area (Å²) in [5.41, 5.74) is 3.98. The summed E-state index contributed by atoms with van der Waals surface area (Å²) in [6.07, 6.45) is 0. The van der Waals surface area contributed by atoms with Gasteiger partial charge >= 0.3 is 5.97 Å². The number of hydrogen-bond donors (Lipinski definition) is 1. The largest absolute Gasteiger partial charge is 0.480 e. The molecule has 0 unspecified atom stereocenters. The van der Waals surface area contributed by atoms with Gasteiger partial charge in [-0.3, -0.25) is 9.69 Å². The summed E-state index contributed by atoms with van der Waals surface area (Å²) in [6.45, 7) is 6.74. The molecular weight excluding hydrogens is 319 g/mol. The fourth-order valence-corrected chi connectivity index (χ4v) is 3.45. The van der Waals surface area contributed by atoms with Crippen molar-refractivity contribution in [3.63, 3.8) is 0 Å². The molecule has 1 N–H and O–H groups in total. The third-order valence-electron chi connectivity index (χ3n) is 5.05. The molecule has 25 heavy (non-hydrogen) atoms. The monoisotopic (exact) mass is 342 g/mol. The van der Waals surface area contributed by atoms with Crippen LogP contribution >= 0.6 is 0 Å². The summed E-state index contributed by atoms with van der Waals surface area (Å²) in [7, 11) is 0. The van der Waals surface area contributed by atoms with E-state index in [1.165, 1.54) is 12.1 Å². The van der Waals surface area contributed by atoms with E-state index in [1.807, 2.05) is 36.9 Å². The number of carboxylic acids is 1. The van der Waals surface area contributed by atoms with E-state index in [0.717, 1.165) is 35.5 Å². The first-order valence-corrected chi connectivity index (χ1v) is 8.51. The Morgan fingerprint density at radius 1 is 1.04 bits per heavy atom. The zero-order valence-electron chi connectivity index (χ0n) is 14.6. The second kappa shape index (κ2) is 7.23. The van der Waals surface area contributed by atoms with E-state index in [0.29, 0.717) is 13.1 Å². The van der Waals surface area contributed by atoms with Gasteiger partial charge in [-0.15, -0.1) is 0 Å². The van der Waals surface area contributed by atoms with Crippen molar-refractivity contribution in [2.45, 2.75) is 19.9 Å². The van der Waals surface area contributed by atoms with Crippen molar-refractivity contribution < 1.29 is 14.3 Å². The molecule has 1 aliphatic heterocycles. The van der Waals surface area contributed by atoms with Gasteiger partial charge in [-0.05, 0) is 54.8 Å². The summed E-state index contributed by atoms with van der Waals surface area (Å²) in [5, 5.41) is 9.81. The SMILES string of the molecule is Cc1cccc([C@H](C(=O)O)N2CCN(c3ccc(F)cc3)CC2)c1C. The maximum atomic E-state index is 13.1. The van der Waals surface area contributed by atoms with Crippen LogP contribution in [0.4, 0.5) is 10.1 Å². The van der Waals surface area contributed by atoms with Gasteiger partial charge in [0.2, 0.25) is 0 Å². The summed E-state index contributed by atoms with van der Waals surface area (Å²) in [6, 6.07) is 11.7. The van der Waals surface area contributed by atoms with Gasteiger partial charge in [0.1, 0.15) is 11.9 Å². The molecule has 0 bridgehead atoms. The molecule has 3 rings (SSSR count). The predicted molar refractivity (Wildman–Crippen MR) is 96.5 cm³/mol. The van der Waals surface area contributed by atoms with Gasteiger partial charge in [-0.25, -0.2) is 4.39 Å². The summed E-state index contributed by atoms with van der Waals surface area (Å²) in [5.74, 6) is -1.06. The van der Waals surface area contributed by atoms with Gasteiger partial charge in [0.25, 0.3) is 0 Å². The molecular formula is C20H23FN2O2. The average Bonchev–Trinajstić information content (AvgIpc) is 2.60. The number of rotatable bonds is 4. The highest BCUT2D eigenvalue weighted by Crippen LogP contribution is 2.28. The maximum Gasteiger partial charge on any atom is 0.325 e. The number of anilines is 1. The van der Waals surface area contributed by atoms with Crippen molar-refractivity contribution in [1.82, 2.24) is 4.90 Å². The summed E-state index contributed by atoms with van der Waals surface area (Å²) in [4.78, 5) is 16.1. The van der Waals surface area contributed by atoms with Crippen molar-refractivity contribution in [1.29, 1.82) is 0 Å². The molecule has 2 aromatic carbocycles. The topological polar surface area (TPSA) is 43.8 Å². The Hall–Kier alpha value is -2.40. The van der Waals surface area contributed by atoms with Gasteiger partial charge in [0.05, 0.1) is 0 Å². The fourth-order valence-electron chi connectivity index (χ4n) is 3.45. The number of halogens is 1. The Labute approximate surface area is 147 Å². The number of carbonyl (C=O) groups is 1. The fraction of sp³-hybridized carbons (Fsp3) is 0.350. The molecule has 0 aliphatic carbocycles. The van der Waals surface area contributed by atoms with Crippen LogP contribution in [-0.2, 0) is 4.79 Å². The van der Waals surface area contributed by atoms with Crippen molar-refractivity contribution >= 4 is 11.7 Å². The molecule has 1 heterocycles. The lowest BCUT2D eigenvalue weighted by Gasteiger charge is -2.39. The summed E-state index contributed by atoms with van der Waals surface area (Å²) >= 11 is 0. The molecule has 1 fully saturated rings. The molecule has 1 aliphatic rings. The van der Waals surface area contributed by atoms with Crippen molar-refractivity contribution in [3.8, 4) is 0 Å². The molecule has 1 saturated heterocycles. The molecule has 0 aromatic heterocycles. The van der Waals surface area contributed by atoms with E-state index >= 15 is 0 Å². The van der Waals surface area contributed by atoms with Crippen molar-refractivity contribution in [2.24, 2.45) is 0 Å². The van der Waals surface area contributed by atoms with Gasteiger partial charge in [0, 0.05) is 31.9 Å². The molecule has 0 saturated carbocycles. The van der Waals surface area contributed by atoms with Crippen LogP contribution in [-0.4, -0.2) is 42.2 Å². The molecule has 4 nitrogen and oxygen atoms in total. The Bertz CT molecular complexity index is 753. The first-order valence-electron chi connectivity index (χ1n) is 8.51. The smallest absolute Gasteiger partial charge is 0.325 e. The first-order chi connectivity index (χ1) is 12.0. The minimum Gasteiger partial charge on any atom is -0.480 e. The van der Waals surface area contributed by atoms with Gasteiger partial charge in [-0.1, -0.05) is 18.2 Å².